The van der Waals surface area contributed by atoms with Crippen LogP contribution in [0.15, 0.2) is 60.0 Å². The number of carbonyl (C=O) groups excluding carboxylic acids is 1. The molecule has 0 saturated carbocycles. The SMILES string of the molecule is CCOc1ccccc1-c1cc(C(=O)N/N=C\c2ccncc2)[nH]n1. The molecule has 0 aliphatic heterocycles. The van der Waals surface area contributed by atoms with Crippen LogP contribution in [0, 0.1) is 0 Å². The van der Waals surface area contributed by atoms with Crippen molar-refractivity contribution in [1.29, 1.82) is 0 Å². The molecule has 7 heteroatoms. The maximum absolute atomic E-state index is 12.2. The van der Waals surface area contributed by atoms with Gasteiger partial charge in [0, 0.05) is 18.0 Å². The summed E-state index contributed by atoms with van der Waals surface area (Å²) in [5.41, 5.74) is 5.06. The second kappa shape index (κ2) is 7.87. The number of pyridine rings is 1. The van der Waals surface area contributed by atoms with E-state index in [9.17, 15) is 4.79 Å². The molecule has 0 radical (unpaired) electrons. The lowest BCUT2D eigenvalue weighted by atomic mass is 10.1. The van der Waals surface area contributed by atoms with Crippen LogP contribution in [-0.4, -0.2) is 33.9 Å². The van der Waals surface area contributed by atoms with Gasteiger partial charge in [-0.2, -0.15) is 10.2 Å². The molecule has 0 saturated heterocycles. The van der Waals surface area contributed by atoms with Gasteiger partial charge in [-0.25, -0.2) is 5.43 Å². The predicted octanol–water partition coefficient (Wildman–Crippen LogP) is 2.63. The highest BCUT2D eigenvalue weighted by Gasteiger charge is 2.13. The van der Waals surface area contributed by atoms with E-state index in [1.165, 1.54) is 0 Å². The molecule has 0 aliphatic carbocycles. The molecule has 0 aliphatic rings. The summed E-state index contributed by atoms with van der Waals surface area (Å²) in [6, 6.07) is 12.8. The summed E-state index contributed by atoms with van der Waals surface area (Å²) < 4.78 is 5.59. The topological polar surface area (TPSA) is 92.3 Å². The fourth-order valence-corrected chi connectivity index (χ4v) is 2.21. The van der Waals surface area contributed by atoms with Gasteiger partial charge in [0.2, 0.25) is 0 Å². The van der Waals surface area contributed by atoms with Crippen LogP contribution < -0.4 is 10.2 Å². The highest BCUT2D eigenvalue weighted by atomic mass is 16.5. The van der Waals surface area contributed by atoms with Crippen LogP contribution in [0.5, 0.6) is 5.75 Å². The summed E-state index contributed by atoms with van der Waals surface area (Å²) in [5, 5.41) is 10.8. The molecule has 1 aromatic carbocycles. The Labute approximate surface area is 144 Å². The van der Waals surface area contributed by atoms with Crippen LogP contribution in [0.1, 0.15) is 23.0 Å². The Bertz CT molecular complexity index is 874. The first kappa shape index (κ1) is 16.4. The van der Waals surface area contributed by atoms with Crippen molar-refractivity contribution in [3.63, 3.8) is 0 Å². The lowest BCUT2D eigenvalue weighted by Crippen LogP contribution is -2.17. The third-order valence-corrected chi connectivity index (χ3v) is 3.37. The monoisotopic (exact) mass is 335 g/mol. The van der Waals surface area contributed by atoms with E-state index in [2.05, 4.69) is 25.7 Å². The van der Waals surface area contributed by atoms with Gasteiger partial charge in [0.15, 0.2) is 0 Å². The first-order valence-electron chi connectivity index (χ1n) is 7.79. The minimum atomic E-state index is -0.377. The third kappa shape index (κ3) is 4.08. The normalized spacial score (nSPS) is 10.8. The van der Waals surface area contributed by atoms with Gasteiger partial charge >= 0.3 is 0 Å². The van der Waals surface area contributed by atoms with Gasteiger partial charge in [-0.1, -0.05) is 12.1 Å². The number of amides is 1. The van der Waals surface area contributed by atoms with Gasteiger partial charge in [-0.15, -0.1) is 0 Å². The third-order valence-electron chi connectivity index (χ3n) is 3.37. The van der Waals surface area contributed by atoms with E-state index < -0.39 is 0 Å². The van der Waals surface area contributed by atoms with Crippen molar-refractivity contribution in [1.82, 2.24) is 20.6 Å². The van der Waals surface area contributed by atoms with Gasteiger partial charge < -0.3 is 4.74 Å². The lowest BCUT2D eigenvalue weighted by Gasteiger charge is -2.07. The molecule has 0 atom stereocenters. The van der Waals surface area contributed by atoms with E-state index in [0.717, 1.165) is 16.9 Å². The Balaban J connectivity index is 1.71. The maximum atomic E-state index is 12.2. The summed E-state index contributed by atoms with van der Waals surface area (Å²) in [4.78, 5) is 16.1. The van der Waals surface area contributed by atoms with E-state index in [0.29, 0.717) is 18.0 Å². The van der Waals surface area contributed by atoms with Crippen LogP contribution in [0.4, 0.5) is 0 Å². The molecular formula is C18H17N5O2. The van der Waals surface area contributed by atoms with Gasteiger partial charge in [-0.05, 0) is 42.8 Å². The fourth-order valence-electron chi connectivity index (χ4n) is 2.21. The summed E-state index contributed by atoms with van der Waals surface area (Å²) in [7, 11) is 0. The lowest BCUT2D eigenvalue weighted by molar-refractivity contribution is 0.0950. The number of nitrogens with one attached hydrogen (secondary N) is 2. The number of aromatic amines is 1. The van der Waals surface area contributed by atoms with Gasteiger partial charge in [0.25, 0.3) is 5.91 Å². The molecule has 0 spiro atoms. The van der Waals surface area contributed by atoms with Crippen LogP contribution in [0.3, 0.4) is 0 Å². The maximum Gasteiger partial charge on any atom is 0.289 e. The first-order chi connectivity index (χ1) is 12.3. The number of rotatable bonds is 6. The Morgan fingerprint density at radius 3 is 2.88 bits per heavy atom. The van der Waals surface area contributed by atoms with Crippen LogP contribution in [0.2, 0.25) is 0 Å². The molecule has 0 bridgehead atoms. The number of nitrogens with zero attached hydrogens (tertiary/aromatic N) is 3. The quantitative estimate of drug-likeness (QED) is 0.535. The Morgan fingerprint density at radius 1 is 1.28 bits per heavy atom. The molecule has 0 unspecified atom stereocenters. The van der Waals surface area contributed by atoms with Crippen LogP contribution in [0.25, 0.3) is 11.3 Å². The molecule has 2 N–H and O–H groups in total. The second-order valence-corrected chi connectivity index (χ2v) is 5.08. The predicted molar refractivity (Wildman–Crippen MR) is 94.5 cm³/mol. The van der Waals surface area contributed by atoms with Crippen molar-refractivity contribution >= 4 is 12.1 Å². The van der Waals surface area contributed by atoms with E-state index >= 15 is 0 Å². The molecule has 2 aromatic heterocycles. The van der Waals surface area contributed by atoms with E-state index in [1.54, 1.807) is 36.8 Å². The zero-order valence-corrected chi connectivity index (χ0v) is 13.6. The zero-order valence-electron chi connectivity index (χ0n) is 13.6. The zero-order chi connectivity index (χ0) is 17.5. The Morgan fingerprint density at radius 2 is 2.08 bits per heavy atom. The molecule has 3 rings (SSSR count). The first-order valence-corrected chi connectivity index (χ1v) is 7.79. The molecular weight excluding hydrogens is 318 g/mol. The molecule has 126 valence electrons. The summed E-state index contributed by atoms with van der Waals surface area (Å²) in [6.07, 6.45) is 4.85. The number of carbonyl (C=O) groups is 1. The average Bonchev–Trinajstić information content (AvgIpc) is 3.13. The minimum absolute atomic E-state index is 0.313. The largest absolute Gasteiger partial charge is 0.493 e. The van der Waals surface area contributed by atoms with E-state index in [4.69, 9.17) is 4.74 Å². The molecule has 0 fully saturated rings. The number of hydrazone groups is 1. The van der Waals surface area contributed by atoms with E-state index in [1.807, 2.05) is 31.2 Å². The van der Waals surface area contributed by atoms with Crippen molar-refractivity contribution in [2.45, 2.75) is 6.92 Å². The molecule has 3 aromatic rings. The molecule has 2 heterocycles. The van der Waals surface area contributed by atoms with Crippen molar-refractivity contribution < 1.29 is 9.53 Å². The second-order valence-electron chi connectivity index (χ2n) is 5.08. The molecule has 1 amide bonds. The summed E-state index contributed by atoms with van der Waals surface area (Å²) in [5.74, 6) is 0.345. The van der Waals surface area contributed by atoms with Crippen molar-refractivity contribution in [3.8, 4) is 17.0 Å². The number of hydrogen-bond donors (Lipinski definition) is 2. The smallest absolute Gasteiger partial charge is 0.289 e. The highest BCUT2D eigenvalue weighted by Crippen LogP contribution is 2.28. The molecule has 7 nitrogen and oxygen atoms in total. The number of para-hydroxylation sites is 1. The van der Waals surface area contributed by atoms with Crippen LogP contribution >= 0.6 is 0 Å². The minimum Gasteiger partial charge on any atom is -0.493 e. The van der Waals surface area contributed by atoms with Crippen molar-refractivity contribution in [2.75, 3.05) is 6.61 Å². The van der Waals surface area contributed by atoms with Crippen LogP contribution in [-0.2, 0) is 0 Å². The number of benzene rings is 1. The summed E-state index contributed by atoms with van der Waals surface area (Å²) >= 11 is 0. The number of hydrogen-bond acceptors (Lipinski definition) is 5. The summed E-state index contributed by atoms with van der Waals surface area (Å²) in [6.45, 7) is 2.47. The Kier molecular flexibility index (Phi) is 5.16. The van der Waals surface area contributed by atoms with Gasteiger partial charge in [-0.3, -0.25) is 14.9 Å². The number of aromatic nitrogens is 3. The molecule has 25 heavy (non-hydrogen) atoms. The van der Waals surface area contributed by atoms with Gasteiger partial charge in [0.1, 0.15) is 11.4 Å². The Hall–Kier alpha value is -3.48. The highest BCUT2D eigenvalue weighted by molar-refractivity contribution is 5.94. The number of ether oxygens (including phenoxy) is 1. The van der Waals surface area contributed by atoms with Crippen molar-refractivity contribution in [2.24, 2.45) is 5.10 Å². The van der Waals surface area contributed by atoms with Gasteiger partial charge in [0.05, 0.1) is 18.5 Å². The standard InChI is InChI=1S/C18H17N5O2/c1-2-25-17-6-4-3-5-14(17)15-11-16(22-21-15)18(24)23-20-12-13-7-9-19-10-8-13/h3-12H,2H2,1H3,(H,21,22)(H,23,24)/b20-12-. The van der Waals surface area contributed by atoms with Crippen molar-refractivity contribution in [3.05, 3.63) is 66.1 Å². The average molecular weight is 335 g/mol. The fraction of sp³-hybridized carbons (Fsp3) is 0.111. The number of H-pyrrole nitrogens is 1. The van der Waals surface area contributed by atoms with E-state index in [-0.39, 0.29) is 5.91 Å².